The Morgan fingerprint density at radius 2 is 0.434 bits per heavy atom. The summed E-state index contributed by atoms with van der Waals surface area (Å²) < 4.78 is 24.6. The van der Waals surface area contributed by atoms with Crippen LogP contribution in [0.5, 0.6) is 0 Å². The van der Waals surface area contributed by atoms with Gasteiger partial charge >= 0.3 is 0 Å². The van der Waals surface area contributed by atoms with Gasteiger partial charge < -0.3 is 0 Å². The van der Waals surface area contributed by atoms with E-state index in [1.54, 1.807) is 0 Å². The Hall–Kier alpha value is -0.140. The van der Waals surface area contributed by atoms with E-state index in [9.17, 15) is 8.78 Å². The van der Waals surface area contributed by atoms with Crippen molar-refractivity contribution in [2.45, 2.75) is 561 Å². The summed E-state index contributed by atoms with van der Waals surface area (Å²) in [5, 5.41) is 0. The lowest BCUT2D eigenvalue weighted by Crippen LogP contribution is -2.58. The Balaban J connectivity index is 0.000000617. The van der Waals surface area contributed by atoms with E-state index in [2.05, 4.69) is 277 Å². The summed E-state index contributed by atoms with van der Waals surface area (Å²) in [6.07, 6.45) is 54.4. The van der Waals surface area contributed by atoms with Crippen molar-refractivity contribution < 1.29 is 8.78 Å². The van der Waals surface area contributed by atoms with Crippen molar-refractivity contribution in [3.05, 3.63) is 0 Å². The first-order chi connectivity index (χ1) is 50.0. The minimum absolute atomic E-state index is 0. The first-order valence-corrected chi connectivity index (χ1v) is 49.4. The fourth-order valence-corrected chi connectivity index (χ4v) is 20.7. The molecular weight excluding hydrogens is 1370 g/mol. The maximum absolute atomic E-state index is 12.3. The van der Waals surface area contributed by atoms with Crippen LogP contribution in [0.25, 0.3) is 0 Å². The predicted molar refractivity (Wildman–Crippen MR) is 511 cm³/mol. The third kappa shape index (κ3) is 37.1. The number of alkyl halides is 2. The van der Waals surface area contributed by atoms with E-state index in [1.807, 2.05) is 20.8 Å². The monoisotopic (exact) mass is 1590 g/mol. The Kier molecular flexibility index (Phi) is 41.7. The minimum atomic E-state index is -2.35. The first-order valence-electron chi connectivity index (χ1n) is 49.4. The van der Waals surface area contributed by atoms with E-state index in [4.69, 9.17) is 0 Å². The van der Waals surface area contributed by atoms with Gasteiger partial charge in [-0.25, -0.2) is 8.78 Å². The largest absolute Gasteiger partial charge is 0.248 e. The van der Waals surface area contributed by atoms with Crippen LogP contribution >= 0.6 is 0 Å². The van der Waals surface area contributed by atoms with E-state index < -0.39 is 5.92 Å². The molecule has 4 atom stereocenters. The Bertz CT molecular complexity index is 2460. The predicted octanol–water partition coefficient (Wildman–Crippen LogP) is 39.7. The van der Waals surface area contributed by atoms with Gasteiger partial charge in [0.05, 0.1) is 0 Å². The van der Waals surface area contributed by atoms with Gasteiger partial charge in [0.25, 0.3) is 0 Å². The van der Waals surface area contributed by atoms with Crippen molar-refractivity contribution in [2.75, 3.05) is 0 Å². The molecule has 0 amide bonds. The average molecular weight is 1590 g/mol. The van der Waals surface area contributed by atoms with Crippen LogP contribution < -0.4 is 0 Å². The molecule has 14 aliphatic carbocycles. The molecule has 14 aliphatic rings. The summed E-state index contributed by atoms with van der Waals surface area (Å²) in [5.74, 6) is 5.96. The van der Waals surface area contributed by atoms with Gasteiger partial charge in [-0.2, -0.15) is 0 Å². The van der Waals surface area contributed by atoms with Gasteiger partial charge in [0.1, 0.15) is 0 Å². The lowest BCUT2D eigenvalue weighted by molar-refractivity contribution is -0.181. The Morgan fingerprint density at radius 3 is 0.558 bits per heavy atom. The Labute approximate surface area is 716 Å². The highest BCUT2D eigenvalue weighted by Gasteiger charge is 2.62. The second-order valence-electron chi connectivity index (χ2n) is 55.8. The van der Waals surface area contributed by atoms with E-state index in [-0.39, 0.29) is 31.6 Å². The maximum atomic E-state index is 12.3. The zero-order chi connectivity index (χ0) is 87.3. The van der Waals surface area contributed by atoms with Crippen LogP contribution in [0.1, 0.15) is 556 Å². The van der Waals surface area contributed by atoms with Gasteiger partial charge in [-0.3, -0.25) is 0 Å². The average Bonchev–Trinajstić information content (AvgIpc) is 0.971. The van der Waals surface area contributed by atoms with Crippen molar-refractivity contribution in [3.8, 4) is 0 Å². The fourth-order valence-electron chi connectivity index (χ4n) is 20.7. The van der Waals surface area contributed by atoms with Gasteiger partial charge in [0.15, 0.2) is 0 Å². The van der Waals surface area contributed by atoms with Crippen molar-refractivity contribution in [2.24, 2.45) is 151 Å². The standard InChI is InChI=1S/2C11H22.3C10H20.C9H16.2C9H18.C8H14F2.2C8H16.C7H14.CH4/c1-10(2,3)11(4)8-6-5-7-9-11;1-9-7-5-6-8-10(9)11(2,3)4;1-9(2,3)10(4)7-5-6-8-10;1-8-6-5-7-9(8)10(2,3)4;1-10(2,3)9-7-5-4-6-8-9;1-8(2,3)9-4-7(5-9)6-9;1-8(2,3)9(4)6-5-7-9;1-9(2,3)8-6-4-5-7-8;1-7(2,3)6-4-8(9,10)5-6;2*1-7(2,3)8(4)5-6-8;1-7(2,3)6-4-5-6;/h5-9H2,1-4H3;9-10H,5-8H2,1-4H3;5-8H2,1-4H3;8-9H,5-7H2,1-4H3;9H,4-8H2,1-3H3;7H,4-6H2,1-3H3;5-7H2,1-4H3;8H,4-7H2,1-3H3;6H,4-5H2,1-3H3;2*5-6H2,1-4H3;6H,4-5H2,1-3H3;1H4. The quantitative estimate of drug-likeness (QED) is 0.227. The summed E-state index contributed by atoms with van der Waals surface area (Å²) in [7, 11) is 0. The summed E-state index contributed by atoms with van der Waals surface area (Å²) in [4.78, 5) is 0. The lowest BCUT2D eigenvalue weighted by atomic mass is 9.37. The number of rotatable bonds is 0. The molecule has 0 nitrogen and oxygen atoms in total. The molecule has 0 N–H and O–H groups in total. The van der Waals surface area contributed by atoms with E-state index in [1.165, 1.54) is 238 Å². The summed E-state index contributed by atoms with van der Waals surface area (Å²) >= 11 is 0. The van der Waals surface area contributed by atoms with Crippen molar-refractivity contribution >= 4 is 0 Å². The highest BCUT2D eigenvalue weighted by Crippen LogP contribution is 2.72. The van der Waals surface area contributed by atoms with Crippen LogP contribution in [-0.2, 0) is 0 Å². The number of halogens is 2. The van der Waals surface area contributed by atoms with Crippen LogP contribution in [0.3, 0.4) is 0 Å². The fraction of sp³-hybridized carbons (Fsp3) is 1.00. The summed E-state index contributed by atoms with van der Waals surface area (Å²) in [6.45, 7) is 101. The SMILES string of the molecule is C.CC(C)(C)C1(C)CC1.CC(C)(C)C1(C)CC1.CC(C)(C)C1(C)CCC1.CC(C)(C)C1(C)CCCC1.CC(C)(C)C1(C)CCCCC1.CC(C)(C)C12CC(C1)C2.CC(C)(C)C1CC(F)(F)C1.CC(C)(C)C1CC1.CC(C)(C)C1CCCC1.CC(C)(C)C1CCCCC1.CC1CCCC1C(C)(C)C.CC1CCCCC1C(C)(C)C. The number of hydrogen-bond donors (Lipinski definition) is 0. The third-order valence-electron chi connectivity index (χ3n) is 35.5. The first kappa shape index (κ1) is 111. The molecule has 0 aromatic carbocycles. The second kappa shape index (κ2) is 42.5. The van der Waals surface area contributed by atoms with Crippen LogP contribution in [0.4, 0.5) is 8.78 Å². The molecule has 2 heteroatoms. The van der Waals surface area contributed by atoms with Crippen LogP contribution in [-0.4, -0.2) is 5.92 Å². The smallest absolute Gasteiger partial charge is 0.207 e. The summed E-state index contributed by atoms with van der Waals surface area (Å²) in [6, 6.07) is 0. The highest BCUT2D eigenvalue weighted by atomic mass is 19.3. The van der Waals surface area contributed by atoms with Crippen molar-refractivity contribution in [3.63, 3.8) is 0 Å². The molecule has 14 fully saturated rings. The number of hydrogen-bond acceptors (Lipinski definition) is 0. The minimum Gasteiger partial charge on any atom is -0.207 e. The van der Waals surface area contributed by atoms with Gasteiger partial charge in [0, 0.05) is 12.8 Å². The molecule has 0 spiro atoms. The molecule has 14 saturated carbocycles. The molecule has 0 radical (unpaired) electrons. The highest BCUT2D eigenvalue weighted by molar-refractivity contribution is 5.12. The van der Waals surface area contributed by atoms with Gasteiger partial charge in [-0.15, -0.1) is 0 Å². The topological polar surface area (TPSA) is 0 Å². The Morgan fingerprint density at radius 1 is 0.212 bits per heavy atom. The van der Waals surface area contributed by atoms with E-state index in [0.29, 0.717) is 86.6 Å². The molecule has 113 heavy (non-hydrogen) atoms. The van der Waals surface area contributed by atoms with Gasteiger partial charge in [-0.1, -0.05) is 408 Å². The molecule has 0 heterocycles. The lowest BCUT2D eigenvalue weighted by Gasteiger charge is -2.68. The zero-order valence-electron chi connectivity index (χ0n) is 86.0. The molecule has 0 aromatic rings. The maximum Gasteiger partial charge on any atom is 0.248 e. The van der Waals surface area contributed by atoms with Crippen molar-refractivity contribution in [1.29, 1.82) is 0 Å². The van der Waals surface area contributed by atoms with Gasteiger partial charge in [0.2, 0.25) is 5.92 Å². The summed E-state index contributed by atoms with van der Waals surface area (Å²) in [5.41, 5.74) is 10.3. The van der Waals surface area contributed by atoms with E-state index >= 15 is 0 Å². The van der Waals surface area contributed by atoms with E-state index in [0.717, 1.165) is 52.8 Å². The normalized spacial score (nSPS) is 28.1. The third-order valence-corrected chi connectivity index (χ3v) is 35.5. The molecule has 678 valence electrons. The van der Waals surface area contributed by atoms with Crippen LogP contribution in [0, 0.1) is 151 Å². The molecule has 0 aromatic heterocycles. The molecule has 2 bridgehead atoms. The van der Waals surface area contributed by atoms with Crippen LogP contribution in [0.2, 0.25) is 0 Å². The molecule has 0 aliphatic heterocycles. The van der Waals surface area contributed by atoms with Crippen LogP contribution in [0.15, 0.2) is 0 Å². The molecular formula is C111H220F2. The zero-order valence-corrected chi connectivity index (χ0v) is 86.0. The molecule has 0 saturated heterocycles. The molecule has 4 unspecified atom stereocenters. The van der Waals surface area contributed by atoms with Gasteiger partial charge in [-0.05, 0) is 286 Å². The van der Waals surface area contributed by atoms with Crippen molar-refractivity contribution in [1.82, 2.24) is 0 Å². The second-order valence-corrected chi connectivity index (χ2v) is 55.8. The molecule has 14 rings (SSSR count).